The zero-order chi connectivity index (χ0) is 20.9. The molecule has 28 heavy (non-hydrogen) atoms. The van der Waals surface area contributed by atoms with E-state index in [0.717, 1.165) is 0 Å². The number of carbonyl (C=O) groups is 1. The standard InChI is InChI=1S/C19H23ClN2O5S/c1-5-27-17-9-7-15(10-12(17)2)28(24,25)22-13(3)19(23)21-16-11-14(20)6-8-18(16)26-4/h6-11,13,22H,5H2,1-4H3,(H,21,23)/t13-/m0/s1. The molecule has 9 heteroatoms. The Morgan fingerprint density at radius 3 is 2.46 bits per heavy atom. The molecule has 0 aliphatic carbocycles. The second kappa shape index (κ2) is 9.27. The van der Waals surface area contributed by atoms with Gasteiger partial charge in [0.15, 0.2) is 0 Å². The van der Waals surface area contributed by atoms with Crippen molar-refractivity contribution in [3.05, 3.63) is 47.0 Å². The third-order valence-corrected chi connectivity index (χ3v) is 5.67. The summed E-state index contributed by atoms with van der Waals surface area (Å²) in [5.74, 6) is 0.474. The van der Waals surface area contributed by atoms with Crippen LogP contribution in [0, 0.1) is 6.92 Å². The number of nitrogens with one attached hydrogen (secondary N) is 2. The summed E-state index contributed by atoms with van der Waals surface area (Å²) in [5.41, 5.74) is 1.04. The second-order valence-corrected chi connectivity index (χ2v) is 8.19. The number of benzene rings is 2. The number of rotatable bonds is 8. The molecule has 1 atom stereocenters. The van der Waals surface area contributed by atoms with Crippen molar-refractivity contribution in [2.45, 2.75) is 31.7 Å². The van der Waals surface area contributed by atoms with Crippen LogP contribution >= 0.6 is 11.6 Å². The van der Waals surface area contributed by atoms with E-state index in [0.29, 0.717) is 34.4 Å². The van der Waals surface area contributed by atoms with Crippen LogP contribution in [0.15, 0.2) is 41.3 Å². The van der Waals surface area contributed by atoms with E-state index < -0.39 is 22.0 Å². The Bertz CT molecular complexity index is 963. The van der Waals surface area contributed by atoms with Gasteiger partial charge in [-0.15, -0.1) is 0 Å². The van der Waals surface area contributed by atoms with E-state index in [2.05, 4.69) is 10.0 Å². The van der Waals surface area contributed by atoms with Crippen molar-refractivity contribution in [1.29, 1.82) is 0 Å². The van der Waals surface area contributed by atoms with Crippen LogP contribution in [0.25, 0.3) is 0 Å². The van der Waals surface area contributed by atoms with E-state index in [9.17, 15) is 13.2 Å². The molecule has 0 bridgehead atoms. The molecule has 2 aromatic carbocycles. The third kappa shape index (κ3) is 5.37. The fourth-order valence-electron chi connectivity index (χ4n) is 2.48. The number of aryl methyl sites for hydroxylation is 1. The van der Waals surface area contributed by atoms with Crippen molar-refractivity contribution in [2.24, 2.45) is 0 Å². The Hall–Kier alpha value is -2.29. The van der Waals surface area contributed by atoms with Crippen LogP contribution in [-0.4, -0.2) is 34.1 Å². The van der Waals surface area contributed by atoms with Gasteiger partial charge in [0.05, 0.1) is 30.3 Å². The molecule has 152 valence electrons. The van der Waals surface area contributed by atoms with Gasteiger partial charge >= 0.3 is 0 Å². The molecular weight excluding hydrogens is 404 g/mol. The van der Waals surface area contributed by atoms with Crippen molar-refractivity contribution >= 4 is 33.2 Å². The quantitative estimate of drug-likeness (QED) is 0.675. The highest BCUT2D eigenvalue weighted by molar-refractivity contribution is 7.89. The van der Waals surface area contributed by atoms with Gasteiger partial charge in [-0.25, -0.2) is 8.42 Å². The Morgan fingerprint density at radius 1 is 1.18 bits per heavy atom. The zero-order valence-electron chi connectivity index (χ0n) is 16.1. The fraction of sp³-hybridized carbons (Fsp3) is 0.316. The van der Waals surface area contributed by atoms with Gasteiger partial charge in [0.1, 0.15) is 11.5 Å². The number of carbonyl (C=O) groups excluding carboxylic acids is 1. The molecule has 0 heterocycles. The van der Waals surface area contributed by atoms with Crippen LogP contribution in [0.4, 0.5) is 5.69 Å². The molecule has 7 nitrogen and oxygen atoms in total. The minimum atomic E-state index is -3.90. The molecule has 2 rings (SSSR count). The summed E-state index contributed by atoms with van der Waals surface area (Å²) in [7, 11) is -2.44. The van der Waals surface area contributed by atoms with E-state index in [1.165, 1.54) is 32.2 Å². The summed E-state index contributed by atoms with van der Waals surface area (Å²) in [6.07, 6.45) is 0. The van der Waals surface area contributed by atoms with E-state index >= 15 is 0 Å². The second-order valence-electron chi connectivity index (χ2n) is 6.04. The van der Waals surface area contributed by atoms with Gasteiger partial charge in [-0.1, -0.05) is 11.6 Å². The van der Waals surface area contributed by atoms with E-state index in [-0.39, 0.29) is 4.90 Å². The molecule has 0 saturated carbocycles. The predicted molar refractivity (Wildman–Crippen MR) is 109 cm³/mol. The molecule has 0 saturated heterocycles. The van der Waals surface area contributed by atoms with Crippen molar-refractivity contribution in [2.75, 3.05) is 19.0 Å². The highest BCUT2D eigenvalue weighted by Gasteiger charge is 2.23. The monoisotopic (exact) mass is 426 g/mol. The SMILES string of the molecule is CCOc1ccc(S(=O)(=O)N[C@@H](C)C(=O)Nc2cc(Cl)ccc2OC)cc1C. The van der Waals surface area contributed by atoms with Crippen LogP contribution < -0.4 is 19.5 Å². The maximum atomic E-state index is 12.6. The van der Waals surface area contributed by atoms with Crippen molar-refractivity contribution in [3.63, 3.8) is 0 Å². The summed E-state index contributed by atoms with van der Waals surface area (Å²) in [4.78, 5) is 12.5. The number of sulfonamides is 1. The minimum Gasteiger partial charge on any atom is -0.495 e. The molecule has 0 aliphatic heterocycles. The highest BCUT2D eigenvalue weighted by atomic mass is 35.5. The predicted octanol–water partition coefficient (Wildman–Crippen LogP) is 3.36. The molecule has 0 fully saturated rings. The smallest absolute Gasteiger partial charge is 0.242 e. The first kappa shape index (κ1) is 22.0. The number of anilines is 1. The minimum absolute atomic E-state index is 0.0495. The van der Waals surface area contributed by atoms with Gasteiger partial charge in [0, 0.05) is 5.02 Å². The number of hydrogen-bond acceptors (Lipinski definition) is 5. The average Bonchev–Trinajstić information content (AvgIpc) is 2.63. The molecule has 1 amide bonds. The Morgan fingerprint density at radius 2 is 1.86 bits per heavy atom. The van der Waals surface area contributed by atoms with Crippen LogP contribution in [0.1, 0.15) is 19.4 Å². The highest BCUT2D eigenvalue weighted by Crippen LogP contribution is 2.28. The van der Waals surface area contributed by atoms with Gasteiger partial charge in [-0.05, 0) is 62.7 Å². The molecule has 2 N–H and O–H groups in total. The molecule has 0 radical (unpaired) electrons. The summed E-state index contributed by atoms with van der Waals surface area (Å²) in [6.45, 7) is 5.53. The molecule has 2 aromatic rings. The van der Waals surface area contributed by atoms with Crippen molar-refractivity contribution in [1.82, 2.24) is 4.72 Å². The summed E-state index contributed by atoms with van der Waals surface area (Å²) in [5, 5.41) is 3.03. The fourth-order valence-corrected chi connectivity index (χ4v) is 3.94. The molecule has 0 aliphatic rings. The Kier molecular flexibility index (Phi) is 7.29. The number of halogens is 1. The van der Waals surface area contributed by atoms with Gasteiger partial charge < -0.3 is 14.8 Å². The first-order valence-corrected chi connectivity index (χ1v) is 10.4. The summed E-state index contributed by atoms with van der Waals surface area (Å²) in [6, 6.07) is 8.25. The molecule has 0 spiro atoms. The van der Waals surface area contributed by atoms with E-state index in [1.807, 2.05) is 6.92 Å². The van der Waals surface area contributed by atoms with Crippen LogP contribution in [0.5, 0.6) is 11.5 Å². The topological polar surface area (TPSA) is 93.7 Å². The lowest BCUT2D eigenvalue weighted by molar-refractivity contribution is -0.117. The van der Waals surface area contributed by atoms with Gasteiger partial charge in [0.2, 0.25) is 15.9 Å². The first-order valence-electron chi connectivity index (χ1n) is 8.58. The van der Waals surface area contributed by atoms with Crippen LogP contribution in [0.2, 0.25) is 5.02 Å². The number of ether oxygens (including phenoxy) is 2. The average molecular weight is 427 g/mol. The molecular formula is C19H23ClN2O5S. The van der Waals surface area contributed by atoms with Crippen LogP contribution in [-0.2, 0) is 14.8 Å². The number of methoxy groups -OCH3 is 1. The van der Waals surface area contributed by atoms with Crippen molar-refractivity contribution in [3.8, 4) is 11.5 Å². The van der Waals surface area contributed by atoms with E-state index in [1.54, 1.807) is 25.1 Å². The maximum absolute atomic E-state index is 12.6. The third-order valence-electron chi connectivity index (χ3n) is 3.90. The van der Waals surface area contributed by atoms with Gasteiger partial charge in [-0.3, -0.25) is 4.79 Å². The largest absolute Gasteiger partial charge is 0.495 e. The van der Waals surface area contributed by atoms with Crippen molar-refractivity contribution < 1.29 is 22.7 Å². The summed E-state index contributed by atoms with van der Waals surface area (Å²) >= 11 is 5.94. The summed E-state index contributed by atoms with van der Waals surface area (Å²) < 4.78 is 38.2. The normalized spacial score (nSPS) is 12.3. The van der Waals surface area contributed by atoms with Crippen LogP contribution in [0.3, 0.4) is 0 Å². The zero-order valence-corrected chi connectivity index (χ0v) is 17.6. The lowest BCUT2D eigenvalue weighted by Gasteiger charge is -2.17. The first-order chi connectivity index (χ1) is 13.2. The van der Waals surface area contributed by atoms with Gasteiger partial charge in [-0.2, -0.15) is 4.72 Å². The Labute approximate surface area is 170 Å². The Balaban J connectivity index is 2.14. The number of amides is 1. The van der Waals surface area contributed by atoms with Gasteiger partial charge in [0.25, 0.3) is 0 Å². The maximum Gasteiger partial charge on any atom is 0.242 e. The lowest BCUT2D eigenvalue weighted by atomic mass is 10.2. The lowest BCUT2D eigenvalue weighted by Crippen LogP contribution is -2.41. The van der Waals surface area contributed by atoms with E-state index in [4.69, 9.17) is 21.1 Å². The number of hydrogen-bond donors (Lipinski definition) is 2. The molecule has 0 unspecified atom stereocenters. The molecule has 0 aromatic heterocycles.